The van der Waals surface area contributed by atoms with Gasteiger partial charge in [0.1, 0.15) is 11.6 Å². The third-order valence-electron chi connectivity index (χ3n) is 4.42. The van der Waals surface area contributed by atoms with E-state index in [-0.39, 0.29) is 11.1 Å². The minimum absolute atomic E-state index is 0.0474. The fourth-order valence-corrected chi connectivity index (χ4v) is 3.06. The fourth-order valence-electron chi connectivity index (χ4n) is 3.06. The monoisotopic (exact) mass is 386 g/mol. The van der Waals surface area contributed by atoms with E-state index in [0.29, 0.717) is 5.69 Å². The summed E-state index contributed by atoms with van der Waals surface area (Å²) in [7, 11) is 0. The number of carboxylic acid groups (broad SMARTS) is 1. The van der Waals surface area contributed by atoms with Gasteiger partial charge in [0.15, 0.2) is 0 Å². The number of aromatic nitrogens is 2. The molecule has 0 saturated heterocycles. The summed E-state index contributed by atoms with van der Waals surface area (Å²) in [5.74, 6) is -1.70. The topological polar surface area (TPSA) is 108 Å². The summed E-state index contributed by atoms with van der Waals surface area (Å²) in [4.78, 5) is 27.6. The van der Waals surface area contributed by atoms with E-state index in [0.717, 1.165) is 22.6 Å². The van der Waals surface area contributed by atoms with Gasteiger partial charge in [-0.25, -0.2) is 4.79 Å². The van der Waals surface area contributed by atoms with Crippen LogP contribution in [0.25, 0.3) is 11.8 Å². The average molecular weight is 386 g/mol. The fraction of sp³-hybridized carbons (Fsp3) is 0.0909. The first-order valence-corrected chi connectivity index (χ1v) is 8.76. The number of nitriles is 1. The maximum absolute atomic E-state index is 12.5. The van der Waals surface area contributed by atoms with E-state index in [9.17, 15) is 14.9 Å². The molecular formula is C22H18N4O3. The first-order chi connectivity index (χ1) is 13.9. The van der Waals surface area contributed by atoms with Crippen molar-refractivity contribution in [2.75, 3.05) is 5.32 Å². The van der Waals surface area contributed by atoms with Crippen molar-refractivity contribution in [2.45, 2.75) is 13.8 Å². The van der Waals surface area contributed by atoms with E-state index in [1.807, 2.05) is 42.7 Å². The second kappa shape index (κ2) is 8.23. The highest BCUT2D eigenvalue weighted by Crippen LogP contribution is 2.23. The number of nitrogens with one attached hydrogen (secondary N) is 1. The van der Waals surface area contributed by atoms with Crippen LogP contribution in [0.4, 0.5) is 5.69 Å². The number of hydrogen-bond acceptors (Lipinski definition) is 4. The number of anilines is 1. The van der Waals surface area contributed by atoms with Crippen molar-refractivity contribution >= 4 is 23.6 Å². The highest BCUT2D eigenvalue weighted by molar-refractivity contribution is 6.10. The van der Waals surface area contributed by atoms with Gasteiger partial charge in [0, 0.05) is 35.2 Å². The minimum Gasteiger partial charge on any atom is -0.478 e. The molecular weight excluding hydrogens is 368 g/mol. The second-order valence-electron chi connectivity index (χ2n) is 6.38. The van der Waals surface area contributed by atoms with Gasteiger partial charge in [0.2, 0.25) is 0 Å². The molecule has 29 heavy (non-hydrogen) atoms. The van der Waals surface area contributed by atoms with Crippen LogP contribution in [-0.2, 0) is 4.79 Å². The average Bonchev–Trinajstić information content (AvgIpc) is 2.99. The Morgan fingerprint density at radius 3 is 2.55 bits per heavy atom. The van der Waals surface area contributed by atoms with Crippen LogP contribution in [-0.4, -0.2) is 26.5 Å². The van der Waals surface area contributed by atoms with Gasteiger partial charge < -0.3 is 15.0 Å². The maximum Gasteiger partial charge on any atom is 0.335 e. The number of carbonyl (C=O) groups is 2. The van der Waals surface area contributed by atoms with Gasteiger partial charge in [-0.15, -0.1) is 0 Å². The first-order valence-electron chi connectivity index (χ1n) is 8.76. The standard InChI is InChI=1S/C22H18N4O3/c1-14-10-17(15(2)26(14)20-6-8-24-9-7-20)11-18(13-23)21(27)25-19-5-3-4-16(12-19)22(28)29/h3-12H,1-2H3,(H,25,27)(H,28,29). The Labute approximate surface area is 167 Å². The molecule has 3 rings (SSSR count). The summed E-state index contributed by atoms with van der Waals surface area (Å²) in [6.45, 7) is 3.84. The number of aryl methyl sites for hydroxylation is 1. The molecule has 0 unspecified atom stereocenters. The summed E-state index contributed by atoms with van der Waals surface area (Å²) >= 11 is 0. The predicted molar refractivity (Wildman–Crippen MR) is 109 cm³/mol. The first kappa shape index (κ1) is 19.6. The van der Waals surface area contributed by atoms with Gasteiger partial charge in [-0.3, -0.25) is 9.78 Å². The Bertz CT molecular complexity index is 1150. The molecule has 0 aliphatic heterocycles. The van der Waals surface area contributed by atoms with Gasteiger partial charge in [-0.2, -0.15) is 5.26 Å². The molecule has 1 aromatic carbocycles. The van der Waals surface area contributed by atoms with Crippen molar-refractivity contribution in [2.24, 2.45) is 0 Å². The molecule has 2 aromatic heterocycles. The highest BCUT2D eigenvalue weighted by atomic mass is 16.4. The van der Waals surface area contributed by atoms with E-state index >= 15 is 0 Å². The zero-order chi connectivity index (χ0) is 21.0. The number of nitrogens with zero attached hydrogens (tertiary/aromatic N) is 3. The van der Waals surface area contributed by atoms with Gasteiger partial charge in [-0.05, 0) is 61.9 Å². The van der Waals surface area contributed by atoms with E-state index in [1.54, 1.807) is 18.5 Å². The summed E-state index contributed by atoms with van der Waals surface area (Å²) in [5, 5.41) is 21.1. The van der Waals surface area contributed by atoms with E-state index in [2.05, 4.69) is 10.3 Å². The largest absolute Gasteiger partial charge is 0.478 e. The van der Waals surface area contributed by atoms with Crippen LogP contribution in [0.5, 0.6) is 0 Å². The van der Waals surface area contributed by atoms with Crippen LogP contribution in [0.3, 0.4) is 0 Å². The Morgan fingerprint density at radius 1 is 1.17 bits per heavy atom. The SMILES string of the molecule is Cc1cc(C=C(C#N)C(=O)Nc2cccc(C(=O)O)c2)c(C)n1-c1ccncc1. The summed E-state index contributed by atoms with van der Waals surface area (Å²) in [5.41, 5.74) is 3.77. The predicted octanol–water partition coefficient (Wildman–Crippen LogP) is 3.73. The van der Waals surface area contributed by atoms with E-state index < -0.39 is 11.9 Å². The number of rotatable bonds is 5. The molecule has 0 aliphatic rings. The Balaban J connectivity index is 1.91. The van der Waals surface area contributed by atoms with E-state index in [1.165, 1.54) is 24.3 Å². The minimum atomic E-state index is -1.10. The van der Waals surface area contributed by atoms with Crippen LogP contribution in [0.2, 0.25) is 0 Å². The zero-order valence-electron chi connectivity index (χ0n) is 15.9. The van der Waals surface area contributed by atoms with Crippen LogP contribution >= 0.6 is 0 Å². The molecule has 0 bridgehead atoms. The van der Waals surface area contributed by atoms with Crippen LogP contribution in [0, 0.1) is 25.2 Å². The lowest BCUT2D eigenvalue weighted by Crippen LogP contribution is -2.14. The number of pyridine rings is 1. The lowest BCUT2D eigenvalue weighted by Gasteiger charge is -2.09. The molecule has 1 amide bonds. The Kier molecular flexibility index (Phi) is 5.56. The lowest BCUT2D eigenvalue weighted by atomic mass is 10.1. The summed E-state index contributed by atoms with van der Waals surface area (Å²) in [6, 6.07) is 13.4. The van der Waals surface area contributed by atoms with Crippen molar-refractivity contribution in [3.05, 3.63) is 82.9 Å². The van der Waals surface area contributed by atoms with Gasteiger partial charge in [0.05, 0.1) is 5.56 Å². The molecule has 144 valence electrons. The van der Waals surface area contributed by atoms with Crippen LogP contribution in [0.1, 0.15) is 27.3 Å². The lowest BCUT2D eigenvalue weighted by molar-refractivity contribution is -0.112. The number of aromatic carboxylic acids is 1. The van der Waals surface area contributed by atoms with Gasteiger partial charge in [-0.1, -0.05) is 6.07 Å². The van der Waals surface area contributed by atoms with Crippen LogP contribution in [0.15, 0.2) is 60.4 Å². The van der Waals surface area contributed by atoms with Gasteiger partial charge in [0.25, 0.3) is 5.91 Å². The third-order valence-corrected chi connectivity index (χ3v) is 4.42. The third kappa shape index (κ3) is 4.22. The molecule has 0 spiro atoms. The molecule has 0 radical (unpaired) electrons. The maximum atomic E-state index is 12.5. The normalized spacial score (nSPS) is 11.0. The molecule has 0 aliphatic carbocycles. The van der Waals surface area contributed by atoms with Crippen molar-refractivity contribution in [3.8, 4) is 11.8 Å². The number of benzene rings is 1. The molecule has 3 aromatic rings. The second-order valence-corrected chi connectivity index (χ2v) is 6.38. The highest BCUT2D eigenvalue weighted by Gasteiger charge is 2.14. The zero-order valence-corrected chi connectivity index (χ0v) is 15.9. The van der Waals surface area contributed by atoms with E-state index in [4.69, 9.17) is 5.11 Å². The Hall–Kier alpha value is -4.18. The molecule has 0 fully saturated rings. The quantitative estimate of drug-likeness (QED) is 0.513. The number of amides is 1. The Morgan fingerprint density at radius 2 is 1.90 bits per heavy atom. The summed E-state index contributed by atoms with van der Waals surface area (Å²) in [6.07, 6.45) is 4.92. The van der Waals surface area contributed by atoms with Gasteiger partial charge >= 0.3 is 5.97 Å². The molecule has 7 heteroatoms. The van der Waals surface area contributed by atoms with Crippen molar-refractivity contribution in [3.63, 3.8) is 0 Å². The van der Waals surface area contributed by atoms with Crippen molar-refractivity contribution < 1.29 is 14.7 Å². The van der Waals surface area contributed by atoms with Crippen LogP contribution < -0.4 is 5.32 Å². The van der Waals surface area contributed by atoms with Crippen molar-refractivity contribution in [1.29, 1.82) is 5.26 Å². The summed E-state index contributed by atoms with van der Waals surface area (Å²) < 4.78 is 2.01. The molecule has 0 saturated carbocycles. The molecule has 7 nitrogen and oxygen atoms in total. The molecule has 0 atom stereocenters. The molecule has 2 N–H and O–H groups in total. The number of carboxylic acids is 1. The number of carbonyl (C=O) groups excluding carboxylic acids is 1. The molecule has 2 heterocycles. The number of hydrogen-bond donors (Lipinski definition) is 2. The van der Waals surface area contributed by atoms with Crippen molar-refractivity contribution in [1.82, 2.24) is 9.55 Å². The smallest absolute Gasteiger partial charge is 0.335 e.